The highest BCUT2D eigenvalue weighted by Crippen LogP contribution is 2.28. The average molecular weight is 258 g/mol. The van der Waals surface area contributed by atoms with Gasteiger partial charge in [-0.05, 0) is 43.0 Å². The molecule has 0 amide bonds. The first-order valence-electron chi connectivity index (χ1n) is 6.02. The van der Waals surface area contributed by atoms with Crippen LogP contribution in [0.25, 0.3) is 11.1 Å². The molecule has 3 heteroatoms. The van der Waals surface area contributed by atoms with Gasteiger partial charge in [0.1, 0.15) is 5.82 Å². The summed E-state index contributed by atoms with van der Waals surface area (Å²) in [5, 5.41) is 9.13. The normalized spacial score (nSPS) is 10.5. The number of hydrogen-bond acceptors (Lipinski definition) is 1. The molecule has 2 rings (SSSR count). The second-order valence-corrected chi connectivity index (χ2v) is 4.73. The van der Waals surface area contributed by atoms with Crippen LogP contribution in [0.2, 0.25) is 0 Å². The molecule has 0 unspecified atom stereocenters. The smallest absolute Gasteiger partial charge is 0.336 e. The lowest BCUT2D eigenvalue weighted by atomic mass is 9.94. The van der Waals surface area contributed by atoms with Crippen molar-refractivity contribution in [3.63, 3.8) is 0 Å². The molecule has 0 aliphatic carbocycles. The standard InChI is InChI=1S/C16H15FO2/c1-9-5-4-6-13(15(9)17)12-7-10(2)14(16(18)19)11(3)8-12/h4-8H,1-3H3,(H,18,19). The Bertz CT molecular complexity index is 637. The summed E-state index contributed by atoms with van der Waals surface area (Å²) < 4.78 is 14.1. The van der Waals surface area contributed by atoms with Gasteiger partial charge in [0, 0.05) is 5.56 Å². The molecule has 0 atom stereocenters. The molecule has 0 heterocycles. The fraction of sp³-hybridized carbons (Fsp3) is 0.188. The number of hydrogen-bond donors (Lipinski definition) is 1. The fourth-order valence-corrected chi connectivity index (χ4v) is 2.33. The van der Waals surface area contributed by atoms with Gasteiger partial charge in [-0.3, -0.25) is 0 Å². The lowest BCUT2D eigenvalue weighted by molar-refractivity contribution is 0.0695. The van der Waals surface area contributed by atoms with Crippen molar-refractivity contribution >= 4 is 5.97 Å². The summed E-state index contributed by atoms with van der Waals surface area (Å²) >= 11 is 0. The molecule has 19 heavy (non-hydrogen) atoms. The van der Waals surface area contributed by atoms with E-state index >= 15 is 0 Å². The first kappa shape index (κ1) is 13.3. The monoisotopic (exact) mass is 258 g/mol. The fourth-order valence-electron chi connectivity index (χ4n) is 2.33. The van der Waals surface area contributed by atoms with E-state index in [9.17, 15) is 9.18 Å². The van der Waals surface area contributed by atoms with Crippen molar-refractivity contribution < 1.29 is 14.3 Å². The Labute approximate surface area is 111 Å². The first-order chi connectivity index (χ1) is 8.91. The highest BCUT2D eigenvalue weighted by Gasteiger charge is 2.14. The van der Waals surface area contributed by atoms with Gasteiger partial charge in [-0.2, -0.15) is 0 Å². The van der Waals surface area contributed by atoms with Crippen LogP contribution >= 0.6 is 0 Å². The van der Waals surface area contributed by atoms with Crippen LogP contribution in [0.4, 0.5) is 4.39 Å². The second-order valence-electron chi connectivity index (χ2n) is 4.73. The van der Waals surface area contributed by atoms with E-state index in [1.54, 1.807) is 51.1 Å². The van der Waals surface area contributed by atoms with Crippen LogP contribution in [0.15, 0.2) is 30.3 Å². The number of rotatable bonds is 2. The number of aryl methyl sites for hydroxylation is 3. The van der Waals surface area contributed by atoms with Gasteiger partial charge in [0.15, 0.2) is 0 Å². The lowest BCUT2D eigenvalue weighted by Crippen LogP contribution is -2.03. The van der Waals surface area contributed by atoms with Gasteiger partial charge in [0.25, 0.3) is 0 Å². The maximum atomic E-state index is 14.1. The third kappa shape index (κ3) is 2.36. The van der Waals surface area contributed by atoms with Gasteiger partial charge in [-0.1, -0.05) is 30.3 Å². The van der Waals surface area contributed by atoms with E-state index in [4.69, 9.17) is 5.11 Å². The maximum Gasteiger partial charge on any atom is 0.336 e. The minimum absolute atomic E-state index is 0.260. The van der Waals surface area contributed by atoms with Crippen LogP contribution < -0.4 is 0 Å². The maximum absolute atomic E-state index is 14.1. The van der Waals surface area contributed by atoms with Crippen molar-refractivity contribution in [1.29, 1.82) is 0 Å². The second kappa shape index (κ2) is 4.84. The largest absolute Gasteiger partial charge is 0.478 e. The summed E-state index contributed by atoms with van der Waals surface area (Å²) in [4.78, 5) is 11.1. The van der Waals surface area contributed by atoms with Crippen molar-refractivity contribution in [1.82, 2.24) is 0 Å². The number of carboxylic acids is 1. The summed E-state index contributed by atoms with van der Waals surface area (Å²) in [5.41, 5.74) is 3.36. The molecule has 0 aliphatic rings. The molecule has 0 saturated heterocycles. The van der Waals surface area contributed by atoms with Crippen LogP contribution in [0, 0.1) is 26.6 Å². The Balaban J connectivity index is 2.65. The van der Waals surface area contributed by atoms with Gasteiger partial charge in [0.2, 0.25) is 0 Å². The van der Waals surface area contributed by atoms with E-state index in [2.05, 4.69) is 0 Å². The molecule has 0 aliphatic heterocycles. The Morgan fingerprint density at radius 1 is 1.05 bits per heavy atom. The van der Waals surface area contributed by atoms with Crippen molar-refractivity contribution in [2.24, 2.45) is 0 Å². The first-order valence-corrected chi connectivity index (χ1v) is 6.02. The van der Waals surface area contributed by atoms with Crippen LogP contribution in [-0.4, -0.2) is 11.1 Å². The summed E-state index contributed by atoms with van der Waals surface area (Å²) in [5.74, 6) is -1.21. The average Bonchev–Trinajstić information content (AvgIpc) is 2.31. The molecule has 0 fully saturated rings. The van der Waals surface area contributed by atoms with Gasteiger partial charge in [0.05, 0.1) is 5.56 Å². The van der Waals surface area contributed by atoms with E-state index in [1.165, 1.54) is 0 Å². The van der Waals surface area contributed by atoms with Crippen molar-refractivity contribution in [3.8, 4) is 11.1 Å². The van der Waals surface area contributed by atoms with Gasteiger partial charge in [-0.25, -0.2) is 9.18 Å². The SMILES string of the molecule is Cc1cccc(-c2cc(C)c(C(=O)O)c(C)c2)c1F. The molecule has 1 N–H and O–H groups in total. The van der Waals surface area contributed by atoms with Gasteiger partial charge in [-0.15, -0.1) is 0 Å². The molecular weight excluding hydrogens is 243 g/mol. The van der Waals surface area contributed by atoms with Crippen molar-refractivity contribution in [2.75, 3.05) is 0 Å². The summed E-state index contributed by atoms with van der Waals surface area (Å²) in [6, 6.07) is 8.65. The summed E-state index contributed by atoms with van der Waals surface area (Å²) in [6.07, 6.45) is 0. The van der Waals surface area contributed by atoms with E-state index in [0.29, 0.717) is 27.8 Å². The van der Waals surface area contributed by atoms with Crippen LogP contribution in [0.5, 0.6) is 0 Å². The number of aromatic carboxylic acids is 1. The summed E-state index contributed by atoms with van der Waals surface area (Å²) in [7, 11) is 0. The molecule has 0 spiro atoms. The van der Waals surface area contributed by atoms with Crippen molar-refractivity contribution in [3.05, 3.63) is 58.4 Å². The molecule has 0 saturated carbocycles. The highest BCUT2D eigenvalue weighted by atomic mass is 19.1. The number of halogens is 1. The molecule has 2 aromatic rings. The van der Waals surface area contributed by atoms with Gasteiger partial charge < -0.3 is 5.11 Å². The van der Waals surface area contributed by atoms with Crippen molar-refractivity contribution in [2.45, 2.75) is 20.8 Å². The molecule has 0 aromatic heterocycles. The van der Waals surface area contributed by atoms with E-state index in [0.717, 1.165) is 0 Å². The molecule has 98 valence electrons. The third-order valence-corrected chi connectivity index (χ3v) is 3.25. The minimum Gasteiger partial charge on any atom is -0.478 e. The third-order valence-electron chi connectivity index (χ3n) is 3.25. The van der Waals surface area contributed by atoms with E-state index < -0.39 is 5.97 Å². The van der Waals surface area contributed by atoms with E-state index in [-0.39, 0.29) is 11.4 Å². The Hall–Kier alpha value is -2.16. The highest BCUT2D eigenvalue weighted by molar-refractivity contribution is 5.92. The molecule has 2 aromatic carbocycles. The molecular formula is C16H15FO2. The zero-order chi connectivity index (χ0) is 14.2. The zero-order valence-corrected chi connectivity index (χ0v) is 11.1. The quantitative estimate of drug-likeness (QED) is 0.879. The molecule has 2 nitrogen and oxygen atoms in total. The van der Waals surface area contributed by atoms with Crippen LogP contribution in [0.3, 0.4) is 0 Å². The van der Waals surface area contributed by atoms with Crippen LogP contribution in [-0.2, 0) is 0 Å². The number of carbonyl (C=O) groups is 1. The lowest BCUT2D eigenvalue weighted by Gasteiger charge is -2.11. The molecule has 0 bridgehead atoms. The Kier molecular flexibility index (Phi) is 3.38. The Morgan fingerprint density at radius 3 is 2.16 bits per heavy atom. The zero-order valence-electron chi connectivity index (χ0n) is 11.1. The molecule has 0 radical (unpaired) electrons. The van der Waals surface area contributed by atoms with E-state index in [1.807, 2.05) is 0 Å². The van der Waals surface area contributed by atoms with Crippen LogP contribution in [0.1, 0.15) is 27.0 Å². The number of carboxylic acid groups (broad SMARTS) is 1. The van der Waals surface area contributed by atoms with Gasteiger partial charge >= 0.3 is 5.97 Å². The minimum atomic E-state index is -0.953. The number of benzene rings is 2. The predicted octanol–water partition coefficient (Wildman–Crippen LogP) is 4.12. The Morgan fingerprint density at radius 2 is 1.63 bits per heavy atom. The topological polar surface area (TPSA) is 37.3 Å². The predicted molar refractivity (Wildman–Crippen MR) is 73.0 cm³/mol. The summed E-state index contributed by atoms with van der Waals surface area (Å²) in [6.45, 7) is 5.17.